The largest absolute Gasteiger partial charge is 0.468 e. The summed E-state index contributed by atoms with van der Waals surface area (Å²) in [7, 11) is 1.33. The Morgan fingerprint density at radius 3 is 3.07 bits per heavy atom. The van der Waals surface area contributed by atoms with Gasteiger partial charge < -0.3 is 15.6 Å². The minimum absolute atomic E-state index is 0.133. The molecule has 1 rings (SSSR count). The summed E-state index contributed by atoms with van der Waals surface area (Å²) in [6, 6.07) is -0.446. The molecule has 0 aromatic heterocycles. The minimum atomic E-state index is -0.604. The number of aliphatic hydroxyl groups excluding tert-OH is 1. The molecule has 0 saturated carbocycles. The number of methoxy groups -OCH3 is 1. The zero-order valence-electron chi connectivity index (χ0n) is 8.48. The molecule has 1 aliphatic heterocycles. The van der Waals surface area contributed by atoms with Gasteiger partial charge in [0.2, 0.25) is 0 Å². The molecule has 5 nitrogen and oxygen atoms in total. The second kappa shape index (κ2) is 5.29. The summed E-state index contributed by atoms with van der Waals surface area (Å²) in [5, 5.41) is 9.05. The Morgan fingerprint density at radius 2 is 2.50 bits per heavy atom. The van der Waals surface area contributed by atoms with Crippen LogP contribution in [0.25, 0.3) is 0 Å². The summed E-state index contributed by atoms with van der Waals surface area (Å²) in [5.41, 5.74) is 5.63. The number of ether oxygens (including phenoxy) is 1. The molecule has 1 aliphatic rings. The lowest BCUT2D eigenvalue weighted by Crippen LogP contribution is -2.45. The van der Waals surface area contributed by atoms with Crippen molar-refractivity contribution < 1.29 is 14.6 Å². The zero-order chi connectivity index (χ0) is 10.6. The Hall–Kier alpha value is -0.650. The number of carbonyl (C=O) groups is 1. The van der Waals surface area contributed by atoms with Crippen LogP contribution in [-0.2, 0) is 9.53 Å². The summed E-state index contributed by atoms with van der Waals surface area (Å²) in [5.74, 6) is -0.395. The molecule has 5 heteroatoms. The van der Waals surface area contributed by atoms with Gasteiger partial charge in [-0.3, -0.25) is 9.69 Å². The maximum Gasteiger partial charge on any atom is 0.323 e. The van der Waals surface area contributed by atoms with E-state index in [1.165, 1.54) is 7.11 Å². The molecule has 1 heterocycles. The number of carbonyl (C=O) groups excluding carboxylic acids is 1. The fraction of sp³-hybridized carbons (Fsp3) is 0.889. The fourth-order valence-electron chi connectivity index (χ4n) is 1.82. The summed E-state index contributed by atoms with van der Waals surface area (Å²) >= 11 is 0. The lowest BCUT2D eigenvalue weighted by atomic mass is 10.2. The second-order valence-electron chi connectivity index (χ2n) is 3.60. The fourth-order valence-corrected chi connectivity index (χ4v) is 1.82. The highest BCUT2D eigenvalue weighted by molar-refractivity contribution is 5.75. The molecule has 0 aromatic carbocycles. The third-order valence-corrected chi connectivity index (χ3v) is 2.64. The van der Waals surface area contributed by atoms with E-state index in [1.807, 2.05) is 4.90 Å². The van der Waals surface area contributed by atoms with Crippen molar-refractivity contribution in [2.45, 2.75) is 24.9 Å². The topological polar surface area (TPSA) is 75.8 Å². The summed E-state index contributed by atoms with van der Waals surface area (Å²) in [6.45, 7) is 1.50. The van der Waals surface area contributed by atoms with E-state index in [4.69, 9.17) is 10.8 Å². The highest BCUT2D eigenvalue weighted by Gasteiger charge is 2.27. The Morgan fingerprint density at radius 1 is 1.79 bits per heavy atom. The van der Waals surface area contributed by atoms with Crippen molar-refractivity contribution in [3.63, 3.8) is 0 Å². The van der Waals surface area contributed by atoms with Gasteiger partial charge in [0.1, 0.15) is 6.04 Å². The van der Waals surface area contributed by atoms with Crippen LogP contribution in [0.2, 0.25) is 0 Å². The van der Waals surface area contributed by atoms with Gasteiger partial charge in [0.15, 0.2) is 0 Å². The average Bonchev–Trinajstić information content (AvgIpc) is 2.63. The van der Waals surface area contributed by atoms with Crippen molar-refractivity contribution in [1.82, 2.24) is 4.90 Å². The number of nitrogens with two attached hydrogens (primary N) is 1. The number of esters is 1. The van der Waals surface area contributed by atoms with E-state index in [1.54, 1.807) is 0 Å². The first-order valence-electron chi connectivity index (χ1n) is 4.87. The number of likely N-dealkylation sites (tertiary alicyclic amines) is 1. The molecular formula is C9H18N2O3. The molecule has 1 saturated heterocycles. The van der Waals surface area contributed by atoms with E-state index in [2.05, 4.69) is 4.74 Å². The molecule has 3 N–H and O–H groups in total. The van der Waals surface area contributed by atoms with E-state index in [0.717, 1.165) is 19.4 Å². The Balaban J connectivity index is 2.39. The molecule has 0 aliphatic carbocycles. The van der Waals surface area contributed by atoms with E-state index in [0.29, 0.717) is 6.54 Å². The van der Waals surface area contributed by atoms with Crippen molar-refractivity contribution >= 4 is 5.97 Å². The van der Waals surface area contributed by atoms with E-state index < -0.39 is 12.0 Å². The molecule has 14 heavy (non-hydrogen) atoms. The second-order valence-corrected chi connectivity index (χ2v) is 3.60. The van der Waals surface area contributed by atoms with Gasteiger partial charge in [0.05, 0.1) is 13.7 Å². The average molecular weight is 202 g/mol. The first kappa shape index (κ1) is 11.4. The van der Waals surface area contributed by atoms with Crippen LogP contribution in [0.4, 0.5) is 0 Å². The van der Waals surface area contributed by atoms with Crippen LogP contribution in [0.1, 0.15) is 12.8 Å². The smallest absolute Gasteiger partial charge is 0.323 e. The van der Waals surface area contributed by atoms with Gasteiger partial charge in [-0.1, -0.05) is 0 Å². The van der Waals surface area contributed by atoms with Crippen molar-refractivity contribution in [3.8, 4) is 0 Å². The maximum absolute atomic E-state index is 11.1. The van der Waals surface area contributed by atoms with Gasteiger partial charge in [-0.25, -0.2) is 0 Å². The zero-order valence-corrected chi connectivity index (χ0v) is 8.48. The van der Waals surface area contributed by atoms with E-state index >= 15 is 0 Å². The predicted molar refractivity (Wildman–Crippen MR) is 51.7 cm³/mol. The minimum Gasteiger partial charge on any atom is -0.468 e. The van der Waals surface area contributed by atoms with Crippen LogP contribution in [0, 0.1) is 0 Å². The highest BCUT2D eigenvalue weighted by Crippen LogP contribution is 2.16. The number of rotatable bonds is 4. The monoisotopic (exact) mass is 202 g/mol. The number of hydrogen-bond donors (Lipinski definition) is 2. The first-order valence-corrected chi connectivity index (χ1v) is 4.87. The van der Waals surface area contributed by atoms with Gasteiger partial charge in [-0.05, 0) is 19.4 Å². The SMILES string of the molecule is COC(=O)C(N)CN1CCCC1CO. The molecule has 0 radical (unpaired) electrons. The van der Waals surface area contributed by atoms with Crippen LogP contribution >= 0.6 is 0 Å². The van der Waals surface area contributed by atoms with Crippen LogP contribution in [0.5, 0.6) is 0 Å². The maximum atomic E-state index is 11.1. The molecule has 0 amide bonds. The molecular weight excluding hydrogens is 184 g/mol. The summed E-state index contributed by atoms with van der Waals surface area (Å²) in [4.78, 5) is 13.1. The normalized spacial score (nSPS) is 24.9. The van der Waals surface area contributed by atoms with Gasteiger partial charge in [0, 0.05) is 12.6 Å². The molecule has 2 unspecified atom stereocenters. The summed E-state index contributed by atoms with van der Waals surface area (Å²) in [6.07, 6.45) is 2.03. The van der Waals surface area contributed by atoms with Crippen LogP contribution in [0.3, 0.4) is 0 Å². The number of nitrogens with zero attached hydrogens (tertiary/aromatic N) is 1. The van der Waals surface area contributed by atoms with Crippen LogP contribution in [0.15, 0.2) is 0 Å². The lowest BCUT2D eigenvalue weighted by molar-refractivity contribution is -0.142. The Labute approximate surface area is 83.8 Å². The molecule has 2 atom stereocenters. The standard InChI is InChI=1S/C9H18N2O3/c1-14-9(13)8(10)5-11-4-2-3-7(11)6-12/h7-8,12H,2-6,10H2,1H3. The predicted octanol–water partition coefficient (Wildman–Crippen LogP) is -1.06. The molecule has 0 bridgehead atoms. The third kappa shape index (κ3) is 2.67. The third-order valence-electron chi connectivity index (χ3n) is 2.64. The number of hydrogen-bond acceptors (Lipinski definition) is 5. The molecule has 82 valence electrons. The van der Waals surface area contributed by atoms with Gasteiger partial charge in [-0.2, -0.15) is 0 Å². The van der Waals surface area contributed by atoms with Gasteiger partial charge in [-0.15, -0.1) is 0 Å². The van der Waals surface area contributed by atoms with E-state index in [-0.39, 0.29) is 12.6 Å². The Kier molecular flexibility index (Phi) is 4.31. The first-order chi connectivity index (χ1) is 6.69. The number of aliphatic hydroxyl groups is 1. The molecule has 0 spiro atoms. The molecule has 1 fully saturated rings. The quantitative estimate of drug-likeness (QED) is 0.568. The lowest BCUT2D eigenvalue weighted by Gasteiger charge is -2.24. The van der Waals surface area contributed by atoms with Crippen LogP contribution in [-0.4, -0.2) is 54.9 Å². The van der Waals surface area contributed by atoms with Crippen molar-refractivity contribution in [2.24, 2.45) is 5.73 Å². The van der Waals surface area contributed by atoms with Crippen molar-refractivity contribution in [1.29, 1.82) is 0 Å². The van der Waals surface area contributed by atoms with Gasteiger partial charge >= 0.3 is 5.97 Å². The van der Waals surface area contributed by atoms with E-state index in [9.17, 15) is 4.79 Å². The highest BCUT2D eigenvalue weighted by atomic mass is 16.5. The van der Waals surface area contributed by atoms with Crippen LogP contribution < -0.4 is 5.73 Å². The Bertz CT molecular complexity index is 198. The van der Waals surface area contributed by atoms with Crippen molar-refractivity contribution in [2.75, 3.05) is 26.8 Å². The summed E-state index contributed by atoms with van der Waals surface area (Å²) < 4.78 is 4.54. The molecule has 0 aromatic rings. The van der Waals surface area contributed by atoms with Crippen molar-refractivity contribution in [3.05, 3.63) is 0 Å². The van der Waals surface area contributed by atoms with Gasteiger partial charge in [0.25, 0.3) is 0 Å².